The Balaban J connectivity index is 1.87. The molecule has 0 bridgehead atoms. The van der Waals surface area contributed by atoms with Gasteiger partial charge < -0.3 is 19.7 Å². The molecule has 1 aromatic carbocycles. The van der Waals surface area contributed by atoms with Gasteiger partial charge in [0.25, 0.3) is 5.91 Å². The van der Waals surface area contributed by atoms with E-state index in [1.54, 1.807) is 13.8 Å². The molecule has 12 heteroatoms. The maximum absolute atomic E-state index is 12.9. The number of rotatable bonds is 7. The summed E-state index contributed by atoms with van der Waals surface area (Å²) in [6.45, 7) is 4.82. The number of amides is 2. The zero-order valence-corrected chi connectivity index (χ0v) is 21.0. The molecule has 1 aliphatic rings. The summed E-state index contributed by atoms with van der Waals surface area (Å²) in [5, 5.41) is 3.06. The summed E-state index contributed by atoms with van der Waals surface area (Å²) in [5.74, 6) is -1.08. The molecule has 0 saturated heterocycles. The Morgan fingerprint density at radius 1 is 1.09 bits per heavy atom. The smallest absolute Gasteiger partial charge is 0.409 e. The van der Waals surface area contributed by atoms with Gasteiger partial charge in [0.05, 0.1) is 31.2 Å². The third-order valence-electron chi connectivity index (χ3n) is 5.57. The number of benzene rings is 1. The number of ether oxygens (including phenoxy) is 2. The molecular weight excluding hydrogens is 482 g/mol. The van der Waals surface area contributed by atoms with Crippen LogP contribution in [0, 0.1) is 0 Å². The van der Waals surface area contributed by atoms with E-state index in [1.807, 2.05) is 0 Å². The number of hydrogen-bond acceptors (Lipinski definition) is 8. The van der Waals surface area contributed by atoms with Gasteiger partial charge in [-0.05, 0) is 36.2 Å². The van der Waals surface area contributed by atoms with Crippen LogP contribution in [0.25, 0.3) is 0 Å². The number of esters is 1. The highest BCUT2D eigenvalue weighted by molar-refractivity contribution is 7.89. The monoisotopic (exact) mass is 509 g/mol. The van der Waals surface area contributed by atoms with E-state index in [-0.39, 0.29) is 22.6 Å². The largest absolute Gasteiger partial charge is 0.465 e. The highest BCUT2D eigenvalue weighted by Gasteiger charge is 2.31. The number of sulfonamides is 1. The van der Waals surface area contributed by atoms with Gasteiger partial charge in [-0.2, -0.15) is 4.31 Å². The van der Waals surface area contributed by atoms with Crippen molar-refractivity contribution in [3.8, 4) is 0 Å². The Bertz CT molecular complexity index is 1190. The number of thiophene rings is 1. The van der Waals surface area contributed by atoms with Gasteiger partial charge in [0.2, 0.25) is 10.0 Å². The number of hydrogen-bond donors (Lipinski definition) is 1. The zero-order chi connectivity index (χ0) is 25.0. The number of methoxy groups -OCH3 is 2. The molecule has 2 heterocycles. The SMILES string of the molecule is CCN(CC)S(=O)(=O)c1ccc(C(=O)Nc2sc3c(c2C(=O)OC)CCN(C(=O)OC)C3)cc1. The van der Waals surface area contributed by atoms with Gasteiger partial charge in [0.1, 0.15) is 5.00 Å². The van der Waals surface area contributed by atoms with Crippen molar-refractivity contribution >= 4 is 44.3 Å². The van der Waals surface area contributed by atoms with E-state index in [9.17, 15) is 22.8 Å². The minimum absolute atomic E-state index is 0.0949. The third kappa shape index (κ3) is 4.93. The first-order chi connectivity index (χ1) is 16.2. The van der Waals surface area contributed by atoms with Gasteiger partial charge in [-0.15, -0.1) is 11.3 Å². The standard InChI is InChI=1S/C22H27N3O7S2/c1-5-25(6-2)34(29,30)15-9-7-14(8-10-15)19(26)23-20-18(21(27)31-3)16-11-12-24(22(28)32-4)13-17(16)33-20/h7-10H,5-6,11-13H2,1-4H3,(H,23,26). The van der Waals surface area contributed by atoms with Crippen LogP contribution in [0.1, 0.15) is 45.0 Å². The van der Waals surface area contributed by atoms with Gasteiger partial charge in [-0.1, -0.05) is 13.8 Å². The fraction of sp³-hybridized carbons (Fsp3) is 0.409. The Labute approximate surface area is 202 Å². The number of carbonyl (C=O) groups is 3. The summed E-state index contributed by atoms with van der Waals surface area (Å²) in [4.78, 5) is 39.7. The first kappa shape index (κ1) is 25.7. The van der Waals surface area contributed by atoms with Crippen LogP contribution in [0.4, 0.5) is 9.80 Å². The average Bonchev–Trinajstić information content (AvgIpc) is 3.20. The minimum atomic E-state index is -3.64. The summed E-state index contributed by atoms with van der Waals surface area (Å²) in [6, 6.07) is 5.63. The molecule has 3 rings (SSSR count). The van der Waals surface area contributed by atoms with Crippen LogP contribution in [-0.4, -0.2) is 69.4 Å². The van der Waals surface area contributed by atoms with E-state index >= 15 is 0 Å². The first-order valence-electron chi connectivity index (χ1n) is 10.6. The van der Waals surface area contributed by atoms with E-state index < -0.39 is 28.0 Å². The molecule has 0 unspecified atom stereocenters. The molecular formula is C22H27N3O7S2. The van der Waals surface area contributed by atoms with E-state index in [2.05, 4.69) is 5.32 Å². The Hall–Kier alpha value is -2.96. The lowest BCUT2D eigenvalue weighted by molar-refractivity contribution is 0.0600. The molecule has 184 valence electrons. The quantitative estimate of drug-likeness (QED) is 0.570. The number of nitrogens with one attached hydrogen (secondary N) is 1. The van der Waals surface area contributed by atoms with Gasteiger partial charge in [0.15, 0.2) is 0 Å². The number of carbonyl (C=O) groups excluding carboxylic acids is 3. The molecule has 1 aliphatic heterocycles. The molecule has 0 spiro atoms. The second kappa shape index (κ2) is 10.5. The number of nitrogens with zero attached hydrogens (tertiary/aromatic N) is 2. The summed E-state index contributed by atoms with van der Waals surface area (Å²) < 4.78 is 36.4. The Kier molecular flexibility index (Phi) is 7.95. The summed E-state index contributed by atoms with van der Waals surface area (Å²) in [6.07, 6.45) is -0.0527. The molecule has 10 nitrogen and oxygen atoms in total. The van der Waals surface area contributed by atoms with E-state index in [1.165, 1.54) is 59.0 Å². The van der Waals surface area contributed by atoms with Crippen molar-refractivity contribution in [1.82, 2.24) is 9.21 Å². The predicted octanol–water partition coefficient (Wildman–Crippen LogP) is 2.94. The van der Waals surface area contributed by atoms with Crippen LogP contribution in [0.3, 0.4) is 0 Å². The van der Waals surface area contributed by atoms with Crippen LogP contribution < -0.4 is 5.32 Å². The van der Waals surface area contributed by atoms with Crippen molar-refractivity contribution < 1.29 is 32.3 Å². The van der Waals surface area contributed by atoms with Gasteiger partial charge >= 0.3 is 12.1 Å². The highest BCUT2D eigenvalue weighted by Crippen LogP contribution is 2.38. The van der Waals surface area contributed by atoms with Gasteiger partial charge in [-0.3, -0.25) is 4.79 Å². The van der Waals surface area contributed by atoms with Crippen LogP contribution >= 0.6 is 11.3 Å². The molecule has 0 fully saturated rings. The van der Waals surface area contributed by atoms with Gasteiger partial charge in [-0.25, -0.2) is 18.0 Å². The second-order valence-corrected chi connectivity index (χ2v) is 10.5. The van der Waals surface area contributed by atoms with Crippen LogP contribution in [0.5, 0.6) is 0 Å². The average molecular weight is 510 g/mol. The fourth-order valence-corrected chi connectivity index (χ4v) is 6.47. The normalized spacial score (nSPS) is 13.4. The van der Waals surface area contributed by atoms with Crippen molar-refractivity contribution in [1.29, 1.82) is 0 Å². The Morgan fingerprint density at radius 3 is 2.29 bits per heavy atom. The lowest BCUT2D eigenvalue weighted by Crippen LogP contribution is -2.35. The van der Waals surface area contributed by atoms with E-state index in [4.69, 9.17) is 9.47 Å². The molecule has 1 N–H and O–H groups in total. The molecule has 0 saturated carbocycles. The summed E-state index contributed by atoms with van der Waals surface area (Å²) in [5.41, 5.74) is 1.23. The second-order valence-electron chi connectivity index (χ2n) is 7.41. The summed E-state index contributed by atoms with van der Waals surface area (Å²) in [7, 11) is -1.08. The van der Waals surface area contributed by atoms with Crippen LogP contribution in [0.2, 0.25) is 0 Å². The molecule has 2 amide bonds. The van der Waals surface area contributed by atoms with E-state index in [0.29, 0.717) is 31.1 Å². The lowest BCUT2D eigenvalue weighted by atomic mass is 10.0. The molecule has 34 heavy (non-hydrogen) atoms. The number of anilines is 1. The van der Waals surface area contributed by atoms with Crippen molar-refractivity contribution in [2.75, 3.05) is 39.2 Å². The first-order valence-corrected chi connectivity index (χ1v) is 12.9. The molecule has 0 atom stereocenters. The fourth-order valence-electron chi connectivity index (χ4n) is 3.76. The maximum atomic E-state index is 12.9. The molecule has 0 radical (unpaired) electrons. The number of fused-ring (bicyclic) bond motifs is 1. The third-order valence-corrected chi connectivity index (χ3v) is 8.76. The van der Waals surface area contributed by atoms with E-state index in [0.717, 1.165) is 10.4 Å². The maximum Gasteiger partial charge on any atom is 0.409 e. The van der Waals surface area contributed by atoms with Crippen molar-refractivity contribution in [2.45, 2.75) is 31.7 Å². The summed E-state index contributed by atoms with van der Waals surface area (Å²) >= 11 is 1.19. The molecule has 0 aliphatic carbocycles. The Morgan fingerprint density at radius 2 is 1.74 bits per heavy atom. The van der Waals surface area contributed by atoms with Crippen LogP contribution in [0.15, 0.2) is 29.2 Å². The molecule has 1 aromatic heterocycles. The highest BCUT2D eigenvalue weighted by atomic mass is 32.2. The van der Waals surface area contributed by atoms with Crippen molar-refractivity contribution in [3.63, 3.8) is 0 Å². The minimum Gasteiger partial charge on any atom is -0.465 e. The topological polar surface area (TPSA) is 122 Å². The van der Waals surface area contributed by atoms with Crippen molar-refractivity contribution in [3.05, 3.63) is 45.8 Å². The zero-order valence-electron chi connectivity index (χ0n) is 19.4. The lowest BCUT2D eigenvalue weighted by Gasteiger charge is -2.25. The predicted molar refractivity (Wildman–Crippen MR) is 127 cm³/mol. The van der Waals surface area contributed by atoms with Crippen molar-refractivity contribution in [2.24, 2.45) is 0 Å². The van der Waals surface area contributed by atoms with Crippen LogP contribution in [-0.2, 0) is 32.5 Å². The van der Waals surface area contributed by atoms with Gasteiger partial charge in [0, 0.05) is 30.1 Å². The molecule has 2 aromatic rings.